The lowest BCUT2D eigenvalue weighted by Crippen LogP contribution is -1.98. The SMILES string of the molecule is Cc1nc2ccc(C(=O)O)c(Cl)c2cc1Cl. The van der Waals surface area contributed by atoms with Gasteiger partial charge in [-0.15, -0.1) is 0 Å². The smallest absolute Gasteiger partial charge is 0.337 e. The number of carboxylic acids is 1. The molecule has 1 aromatic heterocycles. The molecule has 0 spiro atoms. The largest absolute Gasteiger partial charge is 0.478 e. The third kappa shape index (κ3) is 1.72. The minimum absolute atomic E-state index is 0.0517. The second-order valence-corrected chi connectivity index (χ2v) is 4.14. The van der Waals surface area contributed by atoms with Crippen LogP contribution in [0, 0.1) is 6.92 Å². The third-order valence-corrected chi connectivity index (χ3v) is 3.08. The maximum absolute atomic E-state index is 10.9. The molecular formula is C11H7Cl2NO2. The van der Waals surface area contributed by atoms with Crippen LogP contribution >= 0.6 is 23.2 Å². The second kappa shape index (κ2) is 3.92. The van der Waals surface area contributed by atoms with Crippen LogP contribution in [0.3, 0.4) is 0 Å². The number of aromatic nitrogens is 1. The van der Waals surface area contributed by atoms with Gasteiger partial charge in [0.25, 0.3) is 0 Å². The molecule has 5 heteroatoms. The first kappa shape index (κ1) is 11.2. The number of rotatable bonds is 1. The Kier molecular flexibility index (Phi) is 2.74. The highest BCUT2D eigenvalue weighted by Gasteiger charge is 2.13. The van der Waals surface area contributed by atoms with Crippen LogP contribution in [0.2, 0.25) is 10.0 Å². The molecule has 2 aromatic rings. The number of benzene rings is 1. The first-order valence-corrected chi connectivity index (χ1v) is 5.25. The zero-order valence-corrected chi connectivity index (χ0v) is 9.80. The topological polar surface area (TPSA) is 50.2 Å². The van der Waals surface area contributed by atoms with E-state index in [-0.39, 0.29) is 10.6 Å². The molecule has 0 saturated heterocycles. The summed E-state index contributed by atoms with van der Waals surface area (Å²) >= 11 is 11.9. The molecule has 0 radical (unpaired) electrons. The van der Waals surface area contributed by atoms with Crippen LogP contribution in [0.1, 0.15) is 16.1 Å². The second-order valence-electron chi connectivity index (χ2n) is 3.35. The molecule has 2 rings (SSSR count). The minimum Gasteiger partial charge on any atom is -0.478 e. The van der Waals surface area contributed by atoms with Crippen molar-refractivity contribution < 1.29 is 9.90 Å². The highest BCUT2D eigenvalue weighted by Crippen LogP contribution is 2.29. The lowest BCUT2D eigenvalue weighted by molar-refractivity contribution is 0.0697. The highest BCUT2D eigenvalue weighted by atomic mass is 35.5. The normalized spacial score (nSPS) is 10.7. The number of halogens is 2. The van der Waals surface area contributed by atoms with Crippen LogP contribution in [0.4, 0.5) is 0 Å². The van der Waals surface area contributed by atoms with Gasteiger partial charge < -0.3 is 5.11 Å². The van der Waals surface area contributed by atoms with Crippen molar-refractivity contribution in [2.45, 2.75) is 6.92 Å². The Morgan fingerprint density at radius 1 is 1.38 bits per heavy atom. The molecule has 1 N–H and O–H groups in total. The Bertz CT molecular complexity index is 596. The van der Waals surface area contributed by atoms with Gasteiger partial charge in [0.1, 0.15) is 0 Å². The Morgan fingerprint density at radius 2 is 2.06 bits per heavy atom. The summed E-state index contributed by atoms with van der Waals surface area (Å²) in [6.45, 7) is 1.78. The molecule has 0 amide bonds. The first-order chi connectivity index (χ1) is 7.50. The maximum atomic E-state index is 10.9. The minimum atomic E-state index is -1.07. The van der Waals surface area contributed by atoms with Gasteiger partial charge in [-0.3, -0.25) is 4.98 Å². The van der Waals surface area contributed by atoms with Crippen molar-refractivity contribution in [3.8, 4) is 0 Å². The van der Waals surface area contributed by atoms with Crippen molar-refractivity contribution >= 4 is 40.1 Å². The van der Waals surface area contributed by atoms with E-state index in [9.17, 15) is 4.79 Å². The number of hydrogen-bond donors (Lipinski definition) is 1. The van der Waals surface area contributed by atoms with E-state index in [1.165, 1.54) is 6.07 Å². The summed E-state index contributed by atoms with van der Waals surface area (Å²) in [6.07, 6.45) is 0. The Hall–Kier alpha value is -1.32. The molecule has 82 valence electrons. The van der Waals surface area contributed by atoms with Gasteiger partial charge in [-0.2, -0.15) is 0 Å². The number of carbonyl (C=O) groups is 1. The number of aryl methyl sites for hydroxylation is 1. The zero-order chi connectivity index (χ0) is 11.9. The van der Waals surface area contributed by atoms with Crippen LogP contribution in [0.25, 0.3) is 10.9 Å². The third-order valence-electron chi connectivity index (χ3n) is 2.29. The summed E-state index contributed by atoms with van der Waals surface area (Å²) in [6, 6.07) is 4.69. The van der Waals surface area contributed by atoms with Crippen LogP contribution in [0.15, 0.2) is 18.2 Å². The number of carboxylic acid groups (broad SMARTS) is 1. The van der Waals surface area contributed by atoms with Crippen LogP contribution in [-0.4, -0.2) is 16.1 Å². The van der Waals surface area contributed by atoms with Gasteiger partial charge in [0, 0.05) is 5.39 Å². The van der Waals surface area contributed by atoms with E-state index in [1.54, 1.807) is 19.1 Å². The van der Waals surface area contributed by atoms with Gasteiger partial charge >= 0.3 is 5.97 Å². The number of pyridine rings is 1. The monoisotopic (exact) mass is 255 g/mol. The fourth-order valence-corrected chi connectivity index (χ4v) is 1.89. The van der Waals surface area contributed by atoms with E-state index in [4.69, 9.17) is 28.3 Å². The van der Waals surface area contributed by atoms with Crippen molar-refractivity contribution in [3.63, 3.8) is 0 Å². The first-order valence-electron chi connectivity index (χ1n) is 4.49. The van der Waals surface area contributed by atoms with E-state index >= 15 is 0 Å². The Balaban J connectivity index is 2.84. The maximum Gasteiger partial charge on any atom is 0.337 e. The summed E-state index contributed by atoms with van der Waals surface area (Å²) in [5, 5.41) is 10.1. The summed E-state index contributed by atoms with van der Waals surface area (Å²) in [4.78, 5) is 15.1. The molecule has 1 aromatic carbocycles. The van der Waals surface area contributed by atoms with Crippen LogP contribution in [0.5, 0.6) is 0 Å². The van der Waals surface area contributed by atoms with Crippen molar-refractivity contribution in [1.82, 2.24) is 4.98 Å². The average molecular weight is 256 g/mol. The van der Waals surface area contributed by atoms with Crippen molar-refractivity contribution in [1.29, 1.82) is 0 Å². The predicted molar refractivity (Wildman–Crippen MR) is 63.5 cm³/mol. The van der Waals surface area contributed by atoms with Crippen molar-refractivity contribution in [2.24, 2.45) is 0 Å². The molecule has 0 bridgehead atoms. The number of aromatic carboxylic acids is 1. The quantitative estimate of drug-likeness (QED) is 0.848. The van der Waals surface area contributed by atoms with E-state index in [1.807, 2.05) is 0 Å². The van der Waals surface area contributed by atoms with Crippen molar-refractivity contribution in [2.75, 3.05) is 0 Å². The lowest BCUT2D eigenvalue weighted by atomic mass is 10.1. The molecule has 0 saturated carbocycles. The molecule has 0 atom stereocenters. The van der Waals surface area contributed by atoms with Gasteiger partial charge in [0.05, 0.1) is 26.8 Å². The fourth-order valence-electron chi connectivity index (χ4n) is 1.45. The fraction of sp³-hybridized carbons (Fsp3) is 0.0909. The van der Waals surface area contributed by atoms with E-state index < -0.39 is 5.97 Å². The summed E-state index contributed by atoms with van der Waals surface area (Å²) in [5.74, 6) is -1.07. The standard InChI is InChI=1S/C11H7Cl2NO2/c1-5-8(12)4-7-9(14-5)3-2-6(10(7)13)11(15)16/h2-4H,1H3,(H,15,16). The van der Waals surface area contributed by atoms with Gasteiger partial charge in [-0.25, -0.2) is 4.79 Å². The molecule has 0 fully saturated rings. The van der Waals surface area contributed by atoms with E-state index in [0.29, 0.717) is 21.6 Å². The van der Waals surface area contributed by atoms with Gasteiger partial charge in [0.2, 0.25) is 0 Å². The molecule has 3 nitrogen and oxygen atoms in total. The molecule has 0 aliphatic rings. The van der Waals surface area contributed by atoms with Gasteiger partial charge in [-0.1, -0.05) is 23.2 Å². The van der Waals surface area contributed by atoms with Gasteiger partial charge in [-0.05, 0) is 25.1 Å². The van der Waals surface area contributed by atoms with Crippen molar-refractivity contribution in [3.05, 3.63) is 39.5 Å². The van der Waals surface area contributed by atoms with Gasteiger partial charge in [0.15, 0.2) is 0 Å². The number of fused-ring (bicyclic) bond motifs is 1. The Morgan fingerprint density at radius 3 is 2.69 bits per heavy atom. The number of nitrogens with zero attached hydrogens (tertiary/aromatic N) is 1. The summed E-state index contributed by atoms with van der Waals surface area (Å²) in [7, 11) is 0. The van der Waals surface area contributed by atoms with E-state index in [0.717, 1.165) is 0 Å². The van der Waals surface area contributed by atoms with Crippen LogP contribution < -0.4 is 0 Å². The summed E-state index contributed by atoms with van der Waals surface area (Å²) < 4.78 is 0. The highest BCUT2D eigenvalue weighted by molar-refractivity contribution is 6.39. The van der Waals surface area contributed by atoms with Crippen LogP contribution in [-0.2, 0) is 0 Å². The number of hydrogen-bond acceptors (Lipinski definition) is 2. The average Bonchev–Trinajstić information content (AvgIpc) is 2.21. The molecular weight excluding hydrogens is 249 g/mol. The molecule has 0 aliphatic heterocycles. The molecule has 0 aliphatic carbocycles. The Labute approximate surface area is 102 Å². The molecule has 16 heavy (non-hydrogen) atoms. The molecule has 0 unspecified atom stereocenters. The zero-order valence-electron chi connectivity index (χ0n) is 8.29. The van der Waals surface area contributed by atoms with E-state index in [2.05, 4.69) is 4.98 Å². The lowest BCUT2D eigenvalue weighted by Gasteiger charge is -2.05. The predicted octanol–water partition coefficient (Wildman–Crippen LogP) is 3.55. The summed E-state index contributed by atoms with van der Waals surface area (Å²) in [5.41, 5.74) is 1.38. The molecule has 1 heterocycles.